The number of carboxylic acids is 1. The first kappa shape index (κ1) is 32.5. The summed E-state index contributed by atoms with van der Waals surface area (Å²) in [6, 6.07) is 32.9. The Kier molecular flexibility index (Phi) is 11.1. The van der Waals surface area contributed by atoms with E-state index in [1.807, 2.05) is 24.3 Å². The van der Waals surface area contributed by atoms with E-state index in [1.165, 1.54) is 58.9 Å². The van der Waals surface area contributed by atoms with Gasteiger partial charge in [-0.2, -0.15) is 0 Å². The fourth-order valence-corrected chi connectivity index (χ4v) is 6.53. The summed E-state index contributed by atoms with van der Waals surface area (Å²) in [5.74, 6) is 0.157. The zero-order valence-corrected chi connectivity index (χ0v) is 27.2. The minimum atomic E-state index is -0.957. The number of aryl methyl sites for hydroxylation is 3. The van der Waals surface area contributed by atoms with E-state index in [9.17, 15) is 9.90 Å². The molecular weight excluding hydrogens is 558 g/mol. The number of hydrogen-bond acceptors (Lipinski definition) is 4. The third-order valence-corrected chi connectivity index (χ3v) is 9.31. The molecule has 0 aliphatic heterocycles. The molecule has 0 fully saturated rings. The second-order valence-corrected chi connectivity index (χ2v) is 12.4. The summed E-state index contributed by atoms with van der Waals surface area (Å²) < 4.78 is 11.3. The minimum absolute atomic E-state index is 0.146. The Hall–Kier alpha value is -3.93. The molecule has 0 heterocycles. The van der Waals surface area contributed by atoms with Gasteiger partial charge in [-0.3, -0.25) is 4.90 Å². The molecular formula is C40H47NO4. The van der Waals surface area contributed by atoms with Crippen LogP contribution < -0.4 is 4.74 Å². The van der Waals surface area contributed by atoms with Crippen molar-refractivity contribution in [1.29, 1.82) is 0 Å². The van der Waals surface area contributed by atoms with Gasteiger partial charge < -0.3 is 14.6 Å². The third-order valence-electron chi connectivity index (χ3n) is 9.31. The number of methoxy groups -OCH3 is 1. The number of aliphatic carboxylic acids is 1. The molecule has 5 rings (SSSR count). The van der Waals surface area contributed by atoms with Crippen LogP contribution in [0.15, 0.2) is 91.0 Å². The number of carboxylic acid groups (broad SMARTS) is 1. The number of fused-ring (bicyclic) bond motifs is 2. The van der Waals surface area contributed by atoms with Crippen molar-refractivity contribution >= 4 is 5.97 Å². The highest BCUT2D eigenvalue weighted by atomic mass is 16.5. The Bertz CT molecular complexity index is 1550. The fraction of sp³-hybridized carbons (Fsp3) is 0.375. The van der Waals surface area contributed by atoms with Gasteiger partial charge in [0, 0.05) is 26.0 Å². The van der Waals surface area contributed by atoms with Crippen molar-refractivity contribution in [3.05, 3.63) is 136 Å². The molecule has 0 spiro atoms. The van der Waals surface area contributed by atoms with Crippen molar-refractivity contribution in [1.82, 2.24) is 4.90 Å². The highest BCUT2D eigenvalue weighted by Crippen LogP contribution is 2.38. The number of nitrogens with zero attached hydrogens (tertiary/aromatic N) is 1. The monoisotopic (exact) mass is 605 g/mol. The van der Waals surface area contributed by atoms with E-state index in [1.54, 1.807) is 0 Å². The van der Waals surface area contributed by atoms with Gasteiger partial charge >= 0.3 is 5.97 Å². The molecule has 0 saturated heterocycles. The Morgan fingerprint density at radius 3 is 2.33 bits per heavy atom. The minimum Gasteiger partial charge on any atom is -0.492 e. The number of hydrogen-bond donors (Lipinski definition) is 1. The Balaban J connectivity index is 1.36. The second kappa shape index (κ2) is 15.4. The summed E-state index contributed by atoms with van der Waals surface area (Å²) in [6.45, 7) is 5.87. The van der Waals surface area contributed by atoms with Gasteiger partial charge in [0.2, 0.25) is 0 Å². The molecule has 5 nitrogen and oxygen atoms in total. The first-order valence-corrected chi connectivity index (χ1v) is 16.3. The summed E-state index contributed by atoms with van der Waals surface area (Å²) in [5.41, 5.74) is 10.7. The molecule has 3 atom stereocenters. The molecule has 4 aromatic carbocycles. The summed E-state index contributed by atoms with van der Waals surface area (Å²) >= 11 is 0. The summed E-state index contributed by atoms with van der Waals surface area (Å²) in [5, 5.41) is 9.29. The average Bonchev–Trinajstić information content (AvgIpc) is 3.22. The highest BCUT2D eigenvalue weighted by molar-refractivity contribution is 5.72. The highest BCUT2D eigenvalue weighted by Gasteiger charge is 2.28. The summed E-state index contributed by atoms with van der Waals surface area (Å²) in [6.07, 6.45) is 5.04. The van der Waals surface area contributed by atoms with Crippen molar-refractivity contribution in [2.75, 3.05) is 27.3 Å². The molecule has 0 bridgehead atoms. The van der Waals surface area contributed by atoms with E-state index in [0.29, 0.717) is 18.9 Å². The molecule has 0 radical (unpaired) electrons. The maximum absolute atomic E-state index is 11.3. The quantitative estimate of drug-likeness (QED) is 0.158. The largest absolute Gasteiger partial charge is 0.492 e. The Morgan fingerprint density at radius 1 is 0.889 bits per heavy atom. The van der Waals surface area contributed by atoms with Gasteiger partial charge in [-0.05, 0) is 89.4 Å². The second-order valence-electron chi connectivity index (χ2n) is 12.4. The average molecular weight is 606 g/mol. The molecule has 45 heavy (non-hydrogen) atoms. The topological polar surface area (TPSA) is 59.0 Å². The summed E-state index contributed by atoms with van der Waals surface area (Å²) in [4.78, 5) is 13.8. The van der Waals surface area contributed by atoms with E-state index in [2.05, 4.69) is 92.5 Å². The standard InChI is InChI=1S/C40H47NO4/c1-5-6-10-29-13-16-32-17-18-34-27-33(28(2)31-11-8-7-9-12-31)19-22-36(34)39(37(32)25-29)41(3)23-24-45-35-20-14-30(15-21-35)26-38(44-4)40(42)43/h7-9,11-16,19-22,25,27-28,38-39H,5-6,10,17-18,23-24,26H2,1-4H3,(H,42,43). The number of unbranched alkanes of at least 4 members (excludes halogenated alkanes) is 1. The van der Waals surface area contributed by atoms with Gasteiger partial charge in [-0.15, -0.1) is 0 Å². The van der Waals surface area contributed by atoms with Crippen LogP contribution in [0.1, 0.15) is 83.2 Å². The zero-order chi connectivity index (χ0) is 31.8. The molecule has 1 N–H and O–H groups in total. The van der Waals surface area contributed by atoms with Crippen LogP contribution in [0.5, 0.6) is 5.75 Å². The van der Waals surface area contributed by atoms with Gasteiger partial charge in [0.15, 0.2) is 6.10 Å². The molecule has 0 amide bonds. The first-order chi connectivity index (χ1) is 21.9. The predicted octanol–water partition coefficient (Wildman–Crippen LogP) is 8.02. The van der Waals surface area contributed by atoms with Gasteiger partial charge in [0.25, 0.3) is 0 Å². The molecule has 4 aromatic rings. The van der Waals surface area contributed by atoms with Crippen molar-refractivity contribution in [2.45, 2.75) is 70.4 Å². The maximum atomic E-state index is 11.3. The fourth-order valence-electron chi connectivity index (χ4n) is 6.53. The van der Waals surface area contributed by atoms with Gasteiger partial charge in [-0.1, -0.05) is 99.1 Å². The number of carbonyl (C=O) groups is 1. The molecule has 1 aliphatic rings. The lowest BCUT2D eigenvalue weighted by atomic mass is 9.87. The molecule has 0 saturated carbocycles. The third kappa shape index (κ3) is 8.02. The lowest BCUT2D eigenvalue weighted by Crippen LogP contribution is -2.30. The van der Waals surface area contributed by atoms with Crippen molar-refractivity contribution in [2.24, 2.45) is 0 Å². The van der Waals surface area contributed by atoms with Crippen molar-refractivity contribution < 1.29 is 19.4 Å². The van der Waals surface area contributed by atoms with Crippen molar-refractivity contribution in [3.8, 4) is 5.75 Å². The van der Waals surface area contributed by atoms with Crippen LogP contribution >= 0.6 is 0 Å². The molecule has 0 aromatic heterocycles. The lowest BCUT2D eigenvalue weighted by Gasteiger charge is -2.31. The molecule has 3 unspecified atom stereocenters. The zero-order valence-electron chi connectivity index (χ0n) is 27.2. The number of rotatable bonds is 14. The van der Waals surface area contributed by atoms with Gasteiger partial charge in [0.1, 0.15) is 12.4 Å². The van der Waals surface area contributed by atoms with E-state index in [4.69, 9.17) is 9.47 Å². The van der Waals surface area contributed by atoms with Gasteiger partial charge in [0.05, 0.1) is 6.04 Å². The molecule has 1 aliphatic carbocycles. The molecule has 5 heteroatoms. The van der Waals surface area contributed by atoms with Crippen LogP contribution in [0.25, 0.3) is 0 Å². The number of ether oxygens (including phenoxy) is 2. The predicted molar refractivity (Wildman–Crippen MR) is 181 cm³/mol. The van der Waals surface area contributed by atoms with E-state index in [0.717, 1.165) is 37.1 Å². The Labute approximate surface area is 268 Å². The first-order valence-electron chi connectivity index (χ1n) is 16.3. The van der Waals surface area contributed by atoms with Crippen LogP contribution in [-0.2, 0) is 35.2 Å². The van der Waals surface area contributed by atoms with E-state index < -0.39 is 12.1 Å². The SMILES string of the molecule is CCCCc1ccc2c(c1)C(N(C)CCOc1ccc(CC(OC)C(=O)O)cc1)c1ccc(C(C)c3ccccc3)cc1CC2. The van der Waals surface area contributed by atoms with E-state index in [-0.39, 0.29) is 6.04 Å². The van der Waals surface area contributed by atoms with Crippen LogP contribution in [0.3, 0.4) is 0 Å². The Morgan fingerprint density at radius 2 is 1.62 bits per heavy atom. The van der Waals surface area contributed by atoms with Crippen molar-refractivity contribution in [3.63, 3.8) is 0 Å². The van der Waals surface area contributed by atoms with E-state index >= 15 is 0 Å². The maximum Gasteiger partial charge on any atom is 0.333 e. The number of benzene rings is 4. The van der Waals surface area contributed by atoms with Crippen LogP contribution in [0.2, 0.25) is 0 Å². The van der Waals surface area contributed by atoms with Crippen LogP contribution in [-0.4, -0.2) is 49.4 Å². The number of likely N-dealkylation sites (N-methyl/N-ethyl adjacent to an activating group) is 1. The lowest BCUT2D eigenvalue weighted by molar-refractivity contribution is -0.148. The normalized spacial score (nSPS) is 15.5. The smallest absolute Gasteiger partial charge is 0.333 e. The van der Waals surface area contributed by atoms with Gasteiger partial charge in [-0.25, -0.2) is 4.79 Å². The molecule has 236 valence electrons. The van der Waals surface area contributed by atoms with Crippen LogP contribution in [0, 0.1) is 0 Å². The van der Waals surface area contributed by atoms with Crippen LogP contribution in [0.4, 0.5) is 0 Å². The summed E-state index contributed by atoms with van der Waals surface area (Å²) in [7, 11) is 3.64.